The molecule has 0 amide bonds. The highest BCUT2D eigenvalue weighted by molar-refractivity contribution is 5.84. The molecular weight excluding hydrogens is 172 g/mol. The molecule has 4 heteroatoms. The first-order chi connectivity index (χ1) is 5.99. The first-order valence-electron chi connectivity index (χ1n) is 3.62. The lowest BCUT2D eigenvalue weighted by Crippen LogP contribution is -2.22. The molecule has 0 bridgehead atoms. The van der Waals surface area contributed by atoms with E-state index < -0.39 is 18.0 Å². The summed E-state index contributed by atoms with van der Waals surface area (Å²) in [5, 5.41) is 8.21. The monoisotopic (exact) mass is 186 g/mol. The van der Waals surface area contributed by atoms with Crippen molar-refractivity contribution in [3.8, 4) is 0 Å². The van der Waals surface area contributed by atoms with Crippen molar-refractivity contribution in [2.45, 2.75) is 20.0 Å². The van der Waals surface area contributed by atoms with Gasteiger partial charge in [0.25, 0.3) is 0 Å². The summed E-state index contributed by atoms with van der Waals surface area (Å²) in [6, 6.07) is 0. The number of carbonyl (C=O) groups is 2. The maximum atomic E-state index is 10.3. The zero-order valence-corrected chi connectivity index (χ0v) is 7.82. The molecule has 0 aromatic heterocycles. The van der Waals surface area contributed by atoms with Gasteiger partial charge in [0.2, 0.25) is 0 Å². The Bertz CT molecular complexity index is 196. The van der Waals surface area contributed by atoms with E-state index in [4.69, 9.17) is 5.11 Å². The minimum atomic E-state index is -1.17. The van der Waals surface area contributed by atoms with Gasteiger partial charge in [0.05, 0.1) is 0 Å². The van der Waals surface area contributed by atoms with Gasteiger partial charge in [-0.15, -0.1) is 6.58 Å². The predicted octanol–water partition coefficient (Wildman–Crippen LogP) is 1.38. The maximum Gasteiger partial charge on any atom is 0.344 e. The van der Waals surface area contributed by atoms with Crippen molar-refractivity contribution >= 4 is 11.9 Å². The van der Waals surface area contributed by atoms with Gasteiger partial charge in [-0.3, -0.25) is 0 Å². The first-order valence-corrected chi connectivity index (χ1v) is 3.62. The predicted molar refractivity (Wildman–Crippen MR) is 49.3 cm³/mol. The molecule has 0 spiro atoms. The van der Waals surface area contributed by atoms with E-state index in [1.165, 1.54) is 6.92 Å². The molecule has 4 nitrogen and oxygen atoms in total. The molecule has 0 rings (SSSR count). The molecule has 74 valence electrons. The number of allylic oxidation sites excluding steroid dienone is 1. The van der Waals surface area contributed by atoms with E-state index in [9.17, 15) is 9.59 Å². The molecule has 0 aliphatic carbocycles. The molecule has 0 aliphatic heterocycles. The van der Waals surface area contributed by atoms with Crippen LogP contribution in [-0.4, -0.2) is 23.1 Å². The Morgan fingerprint density at radius 2 is 1.85 bits per heavy atom. The number of carbonyl (C=O) groups excluding carboxylic acids is 1. The molecule has 0 heterocycles. The van der Waals surface area contributed by atoms with Crippen LogP contribution in [0.4, 0.5) is 0 Å². The zero-order chi connectivity index (χ0) is 10.9. The van der Waals surface area contributed by atoms with Crippen molar-refractivity contribution in [1.82, 2.24) is 0 Å². The second kappa shape index (κ2) is 8.52. The van der Waals surface area contributed by atoms with Crippen molar-refractivity contribution in [3.63, 3.8) is 0 Å². The maximum absolute atomic E-state index is 10.3. The van der Waals surface area contributed by atoms with Gasteiger partial charge in [-0.1, -0.05) is 12.7 Å². The Hall–Kier alpha value is -1.58. The largest absolute Gasteiger partial charge is 0.479 e. The highest BCUT2D eigenvalue weighted by Crippen LogP contribution is 1.90. The third kappa shape index (κ3) is 10.4. The number of carboxylic acids is 1. The summed E-state index contributed by atoms with van der Waals surface area (Å²) >= 11 is 0. The molecule has 0 saturated carbocycles. The Morgan fingerprint density at radius 3 is 2.08 bits per heavy atom. The molecule has 0 aliphatic rings. The van der Waals surface area contributed by atoms with Gasteiger partial charge in [0.1, 0.15) is 0 Å². The number of esters is 1. The van der Waals surface area contributed by atoms with Crippen molar-refractivity contribution in [2.24, 2.45) is 0 Å². The minimum Gasteiger partial charge on any atom is -0.479 e. The summed E-state index contributed by atoms with van der Waals surface area (Å²) in [7, 11) is 0. The van der Waals surface area contributed by atoms with Crippen LogP contribution in [0.15, 0.2) is 25.3 Å². The third-order valence-corrected chi connectivity index (χ3v) is 0.807. The molecule has 0 aromatic carbocycles. The van der Waals surface area contributed by atoms with E-state index in [0.29, 0.717) is 0 Å². The number of hydrogen-bond acceptors (Lipinski definition) is 3. The van der Waals surface area contributed by atoms with E-state index in [-0.39, 0.29) is 0 Å². The van der Waals surface area contributed by atoms with E-state index >= 15 is 0 Å². The van der Waals surface area contributed by atoms with Crippen molar-refractivity contribution in [2.75, 3.05) is 0 Å². The zero-order valence-electron chi connectivity index (χ0n) is 7.82. The lowest BCUT2D eigenvalue weighted by atomic mass is 10.4. The standard InChI is InChI=1S/C6H8O4.C3H6/c1-3-5(7)10-4(2)6(8)9;1-3-2/h3-4H,1H2,2H3,(H,8,9);3H,1H2,2H3. The Kier molecular flexibility index (Phi) is 9.15. The molecule has 13 heavy (non-hydrogen) atoms. The van der Waals surface area contributed by atoms with Gasteiger partial charge in [-0.2, -0.15) is 0 Å². The van der Waals surface area contributed by atoms with Gasteiger partial charge in [-0.25, -0.2) is 9.59 Å². The molecule has 0 saturated heterocycles. The van der Waals surface area contributed by atoms with E-state index in [2.05, 4.69) is 17.9 Å². The summed E-state index contributed by atoms with van der Waals surface area (Å²) in [6.45, 7) is 9.62. The Balaban J connectivity index is 0. The van der Waals surface area contributed by atoms with Crippen LogP contribution >= 0.6 is 0 Å². The SMILES string of the molecule is C=CC.C=CC(=O)OC(C)C(=O)O. The van der Waals surface area contributed by atoms with Crippen LogP contribution in [0, 0.1) is 0 Å². The lowest BCUT2D eigenvalue weighted by Gasteiger charge is -2.04. The molecule has 1 unspecified atom stereocenters. The number of ether oxygens (including phenoxy) is 1. The highest BCUT2D eigenvalue weighted by atomic mass is 16.6. The minimum absolute atomic E-state index is 0.727. The summed E-state index contributed by atoms with van der Waals surface area (Å²) in [5.74, 6) is -1.90. The fourth-order valence-corrected chi connectivity index (χ4v) is 0.273. The van der Waals surface area contributed by atoms with Gasteiger partial charge in [-0.05, 0) is 13.8 Å². The third-order valence-electron chi connectivity index (χ3n) is 0.807. The Labute approximate surface area is 77.5 Å². The van der Waals surface area contributed by atoms with Crippen LogP contribution in [0.1, 0.15) is 13.8 Å². The second-order valence-electron chi connectivity index (χ2n) is 2.03. The van der Waals surface area contributed by atoms with Crippen LogP contribution in [0.25, 0.3) is 0 Å². The molecule has 1 atom stereocenters. The summed E-state index contributed by atoms with van der Waals surface area (Å²) in [6.07, 6.45) is 1.56. The Morgan fingerprint density at radius 1 is 1.46 bits per heavy atom. The quantitative estimate of drug-likeness (QED) is 0.411. The second-order valence-corrected chi connectivity index (χ2v) is 2.03. The average molecular weight is 186 g/mol. The lowest BCUT2D eigenvalue weighted by molar-refractivity contribution is -0.159. The van der Waals surface area contributed by atoms with Gasteiger partial charge >= 0.3 is 11.9 Å². The van der Waals surface area contributed by atoms with Crippen LogP contribution < -0.4 is 0 Å². The first kappa shape index (κ1) is 14.0. The fraction of sp³-hybridized carbons (Fsp3) is 0.333. The van der Waals surface area contributed by atoms with Gasteiger partial charge < -0.3 is 9.84 Å². The van der Waals surface area contributed by atoms with E-state index in [0.717, 1.165) is 6.08 Å². The van der Waals surface area contributed by atoms with E-state index in [1.54, 1.807) is 6.08 Å². The fourth-order valence-electron chi connectivity index (χ4n) is 0.273. The molecule has 1 N–H and O–H groups in total. The molecule has 0 aromatic rings. The summed E-state index contributed by atoms with van der Waals surface area (Å²) < 4.78 is 4.30. The number of aliphatic carboxylic acids is 1. The summed E-state index contributed by atoms with van der Waals surface area (Å²) in [5.41, 5.74) is 0. The number of carboxylic acid groups (broad SMARTS) is 1. The van der Waals surface area contributed by atoms with E-state index in [1.807, 2.05) is 6.92 Å². The number of hydrogen-bond donors (Lipinski definition) is 1. The van der Waals surface area contributed by atoms with Crippen LogP contribution in [-0.2, 0) is 14.3 Å². The van der Waals surface area contributed by atoms with Crippen molar-refractivity contribution in [1.29, 1.82) is 0 Å². The van der Waals surface area contributed by atoms with Crippen LogP contribution in [0.2, 0.25) is 0 Å². The topological polar surface area (TPSA) is 63.6 Å². The number of rotatable bonds is 3. The summed E-state index contributed by atoms with van der Waals surface area (Å²) in [4.78, 5) is 20.4. The van der Waals surface area contributed by atoms with Crippen LogP contribution in [0.3, 0.4) is 0 Å². The van der Waals surface area contributed by atoms with Gasteiger partial charge in [0, 0.05) is 6.08 Å². The molecule has 0 fully saturated rings. The molecular formula is C9H14O4. The smallest absolute Gasteiger partial charge is 0.344 e. The molecule has 0 radical (unpaired) electrons. The highest BCUT2D eigenvalue weighted by Gasteiger charge is 2.13. The van der Waals surface area contributed by atoms with Gasteiger partial charge in [0.15, 0.2) is 6.10 Å². The van der Waals surface area contributed by atoms with Crippen LogP contribution in [0.5, 0.6) is 0 Å². The normalized spacial score (nSPS) is 10.0. The van der Waals surface area contributed by atoms with Crippen molar-refractivity contribution in [3.05, 3.63) is 25.3 Å². The van der Waals surface area contributed by atoms with Crippen molar-refractivity contribution < 1.29 is 19.4 Å². The average Bonchev–Trinajstić information content (AvgIpc) is 2.05.